The van der Waals surface area contributed by atoms with Gasteiger partial charge in [0.1, 0.15) is 5.69 Å². The Kier molecular flexibility index (Phi) is 5.06. The van der Waals surface area contributed by atoms with Gasteiger partial charge >= 0.3 is 5.92 Å². The summed E-state index contributed by atoms with van der Waals surface area (Å²) in [5, 5.41) is 16.7. The Morgan fingerprint density at radius 3 is 2.72 bits per heavy atom. The maximum absolute atomic E-state index is 13.9. The van der Waals surface area contributed by atoms with Gasteiger partial charge < -0.3 is 10.6 Å². The number of hydrogen-bond acceptors (Lipinski definition) is 7. The van der Waals surface area contributed by atoms with Crippen LogP contribution in [0.2, 0.25) is 0 Å². The number of rotatable bonds is 9. The standard InChI is InChI=1S/C20H21F2N7O3/c21-20(22,6-11-1-2-11)19(31)24-7-12-5-15-26-14(10-29(15)25-8-12)9-23-18(30)17-16(13-3-4-13)27-32-28-17/h5,8,10-11,13H,1-4,6-7,9H2,(H,23,30)(H,24,31). The minimum Gasteiger partial charge on any atom is -0.347 e. The molecule has 0 saturated heterocycles. The van der Waals surface area contributed by atoms with Crippen LogP contribution in [-0.2, 0) is 17.9 Å². The van der Waals surface area contributed by atoms with E-state index in [1.807, 2.05) is 0 Å². The molecule has 0 radical (unpaired) electrons. The third-order valence-corrected chi connectivity index (χ3v) is 5.58. The molecule has 2 amide bonds. The smallest absolute Gasteiger partial charge is 0.324 e. The van der Waals surface area contributed by atoms with E-state index in [1.165, 1.54) is 10.7 Å². The molecule has 2 aliphatic rings. The summed E-state index contributed by atoms with van der Waals surface area (Å²) < 4.78 is 34.0. The Morgan fingerprint density at radius 1 is 1.16 bits per heavy atom. The van der Waals surface area contributed by atoms with Crippen molar-refractivity contribution in [3.63, 3.8) is 0 Å². The van der Waals surface area contributed by atoms with Crippen molar-refractivity contribution >= 4 is 17.5 Å². The van der Waals surface area contributed by atoms with Crippen molar-refractivity contribution < 1.29 is 23.0 Å². The van der Waals surface area contributed by atoms with Gasteiger partial charge in [0.15, 0.2) is 11.3 Å². The van der Waals surface area contributed by atoms with Crippen LogP contribution in [0.5, 0.6) is 0 Å². The van der Waals surface area contributed by atoms with Crippen molar-refractivity contribution in [2.24, 2.45) is 5.92 Å². The van der Waals surface area contributed by atoms with Crippen LogP contribution in [-0.4, -0.2) is 42.6 Å². The summed E-state index contributed by atoms with van der Waals surface area (Å²) in [6.45, 7) is 0.0588. The van der Waals surface area contributed by atoms with Crippen LogP contribution in [0.3, 0.4) is 0 Å². The maximum atomic E-state index is 13.9. The van der Waals surface area contributed by atoms with Crippen molar-refractivity contribution in [1.82, 2.24) is 35.5 Å². The van der Waals surface area contributed by atoms with Gasteiger partial charge in [-0.15, -0.1) is 0 Å². The quantitative estimate of drug-likeness (QED) is 0.515. The largest absolute Gasteiger partial charge is 0.347 e. The second-order valence-corrected chi connectivity index (χ2v) is 8.39. The van der Waals surface area contributed by atoms with E-state index in [2.05, 4.69) is 31.0 Å². The van der Waals surface area contributed by atoms with Gasteiger partial charge in [0.2, 0.25) is 0 Å². The van der Waals surface area contributed by atoms with Crippen molar-refractivity contribution in [3.05, 3.63) is 41.1 Å². The van der Waals surface area contributed by atoms with Gasteiger partial charge in [0.25, 0.3) is 11.8 Å². The molecule has 2 aliphatic carbocycles. The van der Waals surface area contributed by atoms with Crippen LogP contribution in [0.4, 0.5) is 8.78 Å². The number of hydrogen-bond donors (Lipinski definition) is 2. The Labute approximate surface area is 180 Å². The number of amides is 2. The average Bonchev–Trinajstić information content (AvgIpc) is 3.69. The van der Waals surface area contributed by atoms with Gasteiger partial charge in [-0.3, -0.25) is 9.59 Å². The monoisotopic (exact) mass is 445 g/mol. The molecule has 0 aromatic carbocycles. The molecule has 10 nitrogen and oxygen atoms in total. The lowest BCUT2D eigenvalue weighted by molar-refractivity contribution is -0.147. The van der Waals surface area contributed by atoms with Gasteiger partial charge in [0, 0.05) is 18.9 Å². The fourth-order valence-corrected chi connectivity index (χ4v) is 3.47. The first-order valence-corrected chi connectivity index (χ1v) is 10.5. The summed E-state index contributed by atoms with van der Waals surface area (Å²) in [4.78, 5) is 28.6. The predicted molar refractivity (Wildman–Crippen MR) is 105 cm³/mol. The molecule has 2 N–H and O–H groups in total. The Bertz CT molecular complexity index is 1170. The molecule has 2 saturated carbocycles. The molecule has 3 aromatic rings. The molecule has 0 bridgehead atoms. The molecule has 168 valence electrons. The number of fused-ring (bicyclic) bond motifs is 1. The summed E-state index contributed by atoms with van der Waals surface area (Å²) in [6, 6.07) is 1.64. The molecule has 2 fully saturated rings. The van der Waals surface area contributed by atoms with Crippen LogP contribution in [0.25, 0.3) is 5.65 Å². The highest BCUT2D eigenvalue weighted by molar-refractivity contribution is 5.93. The first kappa shape index (κ1) is 20.5. The highest BCUT2D eigenvalue weighted by atomic mass is 19.3. The zero-order valence-corrected chi connectivity index (χ0v) is 17.1. The summed E-state index contributed by atoms with van der Waals surface area (Å²) >= 11 is 0. The van der Waals surface area contributed by atoms with Crippen molar-refractivity contribution in [2.75, 3.05) is 0 Å². The van der Waals surface area contributed by atoms with Crippen molar-refractivity contribution in [3.8, 4) is 0 Å². The second kappa shape index (κ2) is 7.92. The van der Waals surface area contributed by atoms with Gasteiger partial charge in [-0.2, -0.15) is 13.9 Å². The Morgan fingerprint density at radius 2 is 1.97 bits per heavy atom. The average molecular weight is 445 g/mol. The molecule has 0 spiro atoms. The van der Waals surface area contributed by atoms with Gasteiger partial charge in [-0.25, -0.2) is 14.1 Å². The number of nitrogens with zero attached hydrogens (tertiary/aromatic N) is 5. The molecule has 5 rings (SSSR count). The molecule has 12 heteroatoms. The van der Waals surface area contributed by atoms with E-state index >= 15 is 0 Å². The molecule has 0 aliphatic heterocycles. The SMILES string of the molecule is O=C(NCc1cn2ncc(CNC(=O)C(F)(F)CC3CC3)cc2n1)c1nonc1C1CC1. The van der Waals surface area contributed by atoms with Gasteiger partial charge in [-0.1, -0.05) is 5.16 Å². The topological polar surface area (TPSA) is 127 Å². The zero-order chi connectivity index (χ0) is 22.3. The number of aromatic nitrogens is 5. The van der Waals surface area contributed by atoms with Crippen LogP contribution < -0.4 is 10.6 Å². The fourth-order valence-electron chi connectivity index (χ4n) is 3.47. The summed E-state index contributed by atoms with van der Waals surface area (Å²) in [5.74, 6) is -4.86. The van der Waals surface area contributed by atoms with E-state index in [1.54, 1.807) is 12.3 Å². The van der Waals surface area contributed by atoms with E-state index in [4.69, 9.17) is 4.63 Å². The Balaban J connectivity index is 1.18. The third-order valence-electron chi connectivity index (χ3n) is 5.58. The van der Waals surface area contributed by atoms with Crippen molar-refractivity contribution in [2.45, 2.75) is 57.0 Å². The second-order valence-electron chi connectivity index (χ2n) is 8.39. The number of halogens is 2. The highest BCUT2D eigenvalue weighted by Gasteiger charge is 2.43. The molecule has 0 atom stereocenters. The fraction of sp³-hybridized carbons (Fsp3) is 0.500. The van der Waals surface area contributed by atoms with Crippen LogP contribution in [0.1, 0.15) is 65.5 Å². The van der Waals surface area contributed by atoms with Crippen LogP contribution in [0, 0.1) is 5.92 Å². The van der Waals surface area contributed by atoms with Crippen molar-refractivity contribution in [1.29, 1.82) is 0 Å². The zero-order valence-electron chi connectivity index (χ0n) is 17.1. The minimum absolute atomic E-state index is 0.0570. The number of nitrogens with one attached hydrogen (secondary N) is 2. The number of imidazole rings is 1. The predicted octanol–water partition coefficient (Wildman–Crippen LogP) is 1.97. The minimum atomic E-state index is -3.36. The van der Waals surface area contributed by atoms with Crippen LogP contribution >= 0.6 is 0 Å². The lowest BCUT2D eigenvalue weighted by Gasteiger charge is -2.15. The number of alkyl halides is 2. The molecule has 3 aromatic heterocycles. The highest BCUT2D eigenvalue weighted by Crippen LogP contribution is 2.40. The van der Waals surface area contributed by atoms with Gasteiger partial charge in [0.05, 0.1) is 24.6 Å². The van der Waals surface area contributed by atoms with E-state index in [9.17, 15) is 18.4 Å². The third kappa shape index (κ3) is 4.43. The maximum Gasteiger partial charge on any atom is 0.324 e. The number of carbonyl (C=O) groups is 2. The Hall–Kier alpha value is -3.44. The lowest BCUT2D eigenvalue weighted by Crippen LogP contribution is -2.40. The first-order valence-electron chi connectivity index (χ1n) is 10.5. The first-order chi connectivity index (χ1) is 15.4. The summed E-state index contributed by atoms with van der Waals surface area (Å²) in [6.07, 6.45) is 6.15. The molecule has 32 heavy (non-hydrogen) atoms. The van der Waals surface area contributed by atoms with Crippen LogP contribution in [0.15, 0.2) is 23.1 Å². The summed E-state index contributed by atoms with van der Waals surface area (Å²) in [5.41, 5.74) is 2.32. The molecule has 0 unspecified atom stereocenters. The normalized spacial score (nSPS) is 16.3. The molecular weight excluding hydrogens is 424 g/mol. The van der Waals surface area contributed by atoms with Gasteiger partial charge in [-0.05, 0) is 48.4 Å². The number of carbonyl (C=O) groups excluding carboxylic acids is 2. The van der Waals surface area contributed by atoms with E-state index in [-0.39, 0.29) is 30.6 Å². The molecular formula is C20H21F2N7O3. The van der Waals surface area contributed by atoms with E-state index in [0.29, 0.717) is 22.6 Å². The molecule has 3 heterocycles. The summed E-state index contributed by atoms with van der Waals surface area (Å²) in [7, 11) is 0. The lowest BCUT2D eigenvalue weighted by atomic mass is 10.1. The van der Waals surface area contributed by atoms with E-state index < -0.39 is 24.2 Å². The van der Waals surface area contributed by atoms with E-state index in [0.717, 1.165) is 25.7 Å².